The lowest BCUT2D eigenvalue weighted by Gasteiger charge is -2.14. The van der Waals surface area contributed by atoms with Gasteiger partial charge in [-0.15, -0.1) is 0 Å². The molecule has 0 unspecified atom stereocenters. The van der Waals surface area contributed by atoms with Crippen LogP contribution in [0.25, 0.3) is 10.9 Å². The number of carbonyl (C=O) groups excluding carboxylic acids is 1. The first kappa shape index (κ1) is 26.2. The number of amides is 1. The third kappa shape index (κ3) is 5.60. The van der Waals surface area contributed by atoms with Crippen molar-refractivity contribution < 1.29 is 22.0 Å². The van der Waals surface area contributed by atoms with Crippen molar-refractivity contribution in [3.05, 3.63) is 111 Å². The minimum absolute atomic E-state index is 0.0605. The van der Waals surface area contributed by atoms with Gasteiger partial charge in [0.2, 0.25) is 10.0 Å². The zero-order valence-corrected chi connectivity index (χ0v) is 21.0. The van der Waals surface area contributed by atoms with Crippen LogP contribution in [0.1, 0.15) is 33.5 Å². The maximum Gasteiger partial charge on any atom is 0.264 e. The second-order valence-corrected chi connectivity index (χ2v) is 10.8. The summed E-state index contributed by atoms with van der Waals surface area (Å²) in [5.41, 5.74) is 1.23. The molecule has 10 heteroatoms. The van der Waals surface area contributed by atoms with Crippen molar-refractivity contribution in [2.24, 2.45) is 0 Å². The monoisotopic (exact) mass is 525 g/mol. The molecule has 4 rings (SSSR count). The van der Waals surface area contributed by atoms with Gasteiger partial charge in [-0.1, -0.05) is 54.6 Å². The van der Waals surface area contributed by atoms with Gasteiger partial charge in [0.05, 0.1) is 17.0 Å². The minimum Gasteiger partial charge on any atom is -0.348 e. The average Bonchev–Trinajstić information content (AvgIpc) is 2.89. The first-order chi connectivity index (χ1) is 17.6. The minimum atomic E-state index is -3.57. The fourth-order valence-corrected chi connectivity index (χ4v) is 4.77. The van der Waals surface area contributed by atoms with Crippen molar-refractivity contribution in [2.75, 3.05) is 14.1 Å². The van der Waals surface area contributed by atoms with Crippen molar-refractivity contribution in [3.8, 4) is 0 Å². The van der Waals surface area contributed by atoms with Gasteiger partial charge in [-0.05, 0) is 40.8 Å². The topological polar surface area (TPSA) is 88.5 Å². The van der Waals surface area contributed by atoms with Crippen LogP contribution in [0.4, 0.5) is 8.78 Å². The highest BCUT2D eigenvalue weighted by atomic mass is 32.2. The Balaban J connectivity index is 1.59. The molecule has 0 saturated heterocycles. The van der Waals surface area contributed by atoms with E-state index in [4.69, 9.17) is 0 Å². The summed E-state index contributed by atoms with van der Waals surface area (Å²) in [6, 6.07) is 20.5. The van der Waals surface area contributed by atoms with Gasteiger partial charge in [-0.25, -0.2) is 21.5 Å². The molecule has 0 saturated carbocycles. The van der Waals surface area contributed by atoms with Gasteiger partial charge < -0.3 is 9.88 Å². The smallest absolute Gasteiger partial charge is 0.264 e. The summed E-state index contributed by atoms with van der Waals surface area (Å²) in [5, 5.41) is 3.39. The molecule has 3 aromatic carbocycles. The molecular formula is C27H25F2N3O4S. The van der Waals surface area contributed by atoms with E-state index in [0.29, 0.717) is 22.0 Å². The molecule has 0 aliphatic heterocycles. The van der Waals surface area contributed by atoms with Crippen LogP contribution in [-0.2, 0) is 23.1 Å². The third-order valence-electron chi connectivity index (χ3n) is 5.97. The number of alkyl halides is 2. The number of halogens is 2. The fraction of sp³-hybridized carbons (Fsp3) is 0.185. The van der Waals surface area contributed by atoms with Gasteiger partial charge in [0.25, 0.3) is 17.9 Å². The summed E-state index contributed by atoms with van der Waals surface area (Å²) in [7, 11) is -0.681. The molecule has 0 aliphatic carbocycles. The second kappa shape index (κ2) is 10.6. The molecule has 37 heavy (non-hydrogen) atoms. The highest BCUT2D eigenvalue weighted by molar-refractivity contribution is 7.89. The maximum absolute atomic E-state index is 13.3. The lowest BCUT2D eigenvalue weighted by atomic mass is 10.1. The van der Waals surface area contributed by atoms with Crippen LogP contribution in [0.5, 0.6) is 0 Å². The first-order valence-electron chi connectivity index (χ1n) is 11.4. The molecule has 0 bridgehead atoms. The van der Waals surface area contributed by atoms with E-state index in [1.165, 1.54) is 61.1 Å². The van der Waals surface area contributed by atoms with E-state index in [0.717, 1.165) is 4.31 Å². The average molecular weight is 526 g/mol. The molecule has 1 heterocycles. The molecule has 4 aromatic rings. The van der Waals surface area contributed by atoms with E-state index in [-0.39, 0.29) is 29.1 Å². The Kier molecular flexibility index (Phi) is 7.51. The normalized spacial score (nSPS) is 11.8. The maximum atomic E-state index is 13.3. The predicted octanol–water partition coefficient (Wildman–Crippen LogP) is 4.17. The van der Waals surface area contributed by atoms with Gasteiger partial charge in [0.1, 0.15) is 5.56 Å². The third-order valence-corrected chi connectivity index (χ3v) is 7.80. The number of aromatic nitrogens is 1. The predicted molar refractivity (Wildman–Crippen MR) is 137 cm³/mol. The highest BCUT2D eigenvalue weighted by Crippen LogP contribution is 2.20. The van der Waals surface area contributed by atoms with Crippen molar-refractivity contribution in [1.29, 1.82) is 0 Å². The van der Waals surface area contributed by atoms with Crippen LogP contribution in [0.2, 0.25) is 0 Å². The number of hydrogen-bond donors (Lipinski definition) is 1. The van der Waals surface area contributed by atoms with Gasteiger partial charge in [-0.2, -0.15) is 0 Å². The number of benzene rings is 3. The van der Waals surface area contributed by atoms with Crippen molar-refractivity contribution in [3.63, 3.8) is 0 Å². The van der Waals surface area contributed by atoms with E-state index in [2.05, 4.69) is 5.32 Å². The SMILES string of the molecule is CN(C)S(=O)(=O)c1ccc(CNC(=O)c2cc3ccccc3n(Cc3ccc(C(F)F)cc3)c2=O)cc1. The van der Waals surface area contributed by atoms with Crippen molar-refractivity contribution in [2.45, 2.75) is 24.4 Å². The second-order valence-electron chi connectivity index (χ2n) is 8.66. The zero-order valence-electron chi connectivity index (χ0n) is 20.2. The molecule has 1 aromatic heterocycles. The van der Waals surface area contributed by atoms with Gasteiger partial charge in [0.15, 0.2) is 0 Å². The van der Waals surface area contributed by atoms with Crippen LogP contribution < -0.4 is 10.9 Å². The van der Waals surface area contributed by atoms with E-state index >= 15 is 0 Å². The van der Waals surface area contributed by atoms with Crippen molar-refractivity contribution >= 4 is 26.8 Å². The Morgan fingerprint density at radius 2 is 1.57 bits per heavy atom. The number of carbonyl (C=O) groups is 1. The summed E-state index contributed by atoms with van der Waals surface area (Å²) in [6.45, 7) is 0.189. The van der Waals surface area contributed by atoms with Crippen molar-refractivity contribution in [1.82, 2.24) is 14.2 Å². The molecule has 0 spiro atoms. The molecule has 0 radical (unpaired) electrons. The van der Waals surface area contributed by atoms with Gasteiger partial charge >= 0.3 is 0 Å². The van der Waals surface area contributed by atoms with Crippen LogP contribution in [0.3, 0.4) is 0 Å². The molecule has 0 aliphatic rings. The van der Waals surface area contributed by atoms with E-state index < -0.39 is 27.9 Å². The molecule has 192 valence electrons. The Morgan fingerprint density at radius 3 is 2.19 bits per heavy atom. The van der Waals surface area contributed by atoms with Crippen LogP contribution in [0.15, 0.2) is 88.6 Å². The number of pyridine rings is 1. The standard InChI is InChI=1S/C27H25F2N3O4S/c1-31(2)37(35,36)22-13-9-18(10-14-22)16-30-26(33)23-15-21-5-3-4-6-24(21)32(27(23)34)17-19-7-11-20(12-8-19)25(28)29/h3-15,25H,16-17H2,1-2H3,(H,30,33). The molecular weight excluding hydrogens is 500 g/mol. The Bertz CT molecular complexity index is 1600. The van der Waals surface area contributed by atoms with E-state index in [1.54, 1.807) is 36.4 Å². The van der Waals surface area contributed by atoms with Crippen LogP contribution in [-0.4, -0.2) is 37.3 Å². The number of fused-ring (bicyclic) bond motifs is 1. The molecule has 0 fully saturated rings. The quantitative estimate of drug-likeness (QED) is 0.374. The number of nitrogens with one attached hydrogen (secondary N) is 1. The van der Waals surface area contributed by atoms with Gasteiger partial charge in [0, 0.05) is 26.2 Å². The molecule has 7 nitrogen and oxygen atoms in total. The summed E-state index contributed by atoms with van der Waals surface area (Å²) < 4.78 is 52.8. The lowest BCUT2D eigenvalue weighted by molar-refractivity contribution is 0.0949. The van der Waals surface area contributed by atoms with E-state index in [9.17, 15) is 26.8 Å². The van der Waals surface area contributed by atoms with Crippen LogP contribution >= 0.6 is 0 Å². The van der Waals surface area contributed by atoms with E-state index in [1.807, 2.05) is 0 Å². The summed E-state index contributed by atoms with van der Waals surface area (Å²) in [5.74, 6) is -0.581. The number of sulfonamides is 1. The Hall–Kier alpha value is -3.89. The number of nitrogens with zero attached hydrogens (tertiary/aromatic N) is 2. The molecule has 1 amide bonds. The summed E-state index contributed by atoms with van der Waals surface area (Å²) in [6.07, 6.45) is -2.58. The van der Waals surface area contributed by atoms with Gasteiger partial charge in [-0.3, -0.25) is 9.59 Å². The summed E-state index contributed by atoms with van der Waals surface area (Å²) >= 11 is 0. The highest BCUT2D eigenvalue weighted by Gasteiger charge is 2.18. The Morgan fingerprint density at radius 1 is 0.946 bits per heavy atom. The first-order valence-corrected chi connectivity index (χ1v) is 12.8. The fourth-order valence-electron chi connectivity index (χ4n) is 3.87. The van der Waals surface area contributed by atoms with Crippen LogP contribution in [0, 0.1) is 0 Å². The summed E-state index contributed by atoms with van der Waals surface area (Å²) in [4.78, 5) is 26.5. The number of para-hydroxylation sites is 1. The molecule has 0 atom stereocenters. The zero-order chi connectivity index (χ0) is 26.7. The molecule has 1 N–H and O–H groups in total. The lowest BCUT2D eigenvalue weighted by Crippen LogP contribution is -2.33. The number of hydrogen-bond acceptors (Lipinski definition) is 4. The Labute approximate surface area is 213 Å². The number of rotatable bonds is 8. The largest absolute Gasteiger partial charge is 0.348 e.